The van der Waals surface area contributed by atoms with Crippen LogP contribution in [-0.2, 0) is 19.1 Å². The van der Waals surface area contributed by atoms with Crippen molar-refractivity contribution in [1.29, 1.82) is 0 Å². The fourth-order valence-corrected chi connectivity index (χ4v) is 2.57. The summed E-state index contributed by atoms with van der Waals surface area (Å²) in [4.78, 5) is 23.1. The van der Waals surface area contributed by atoms with Gasteiger partial charge in [0.15, 0.2) is 0 Å². The van der Waals surface area contributed by atoms with E-state index in [1.165, 1.54) is 0 Å². The van der Waals surface area contributed by atoms with E-state index in [2.05, 4.69) is 6.58 Å². The maximum absolute atomic E-state index is 11.6. The van der Waals surface area contributed by atoms with Gasteiger partial charge in [0.1, 0.15) is 0 Å². The van der Waals surface area contributed by atoms with Crippen molar-refractivity contribution in [3.63, 3.8) is 0 Å². The summed E-state index contributed by atoms with van der Waals surface area (Å²) in [6.07, 6.45) is 4.67. The van der Waals surface area contributed by atoms with Gasteiger partial charge in [-0.05, 0) is 46.5 Å². The smallest absolute Gasteiger partial charge is 0.313 e. The van der Waals surface area contributed by atoms with Crippen LogP contribution in [-0.4, -0.2) is 36.4 Å². The van der Waals surface area contributed by atoms with Crippen molar-refractivity contribution in [2.24, 2.45) is 23.7 Å². The Bertz CT molecular complexity index is 554. The number of allylic oxidation sites excluding steroid dienone is 3. The molecule has 5 nitrogen and oxygen atoms in total. The predicted octanol–water partition coefficient (Wildman–Crippen LogP) is 5.10. The molecule has 0 saturated heterocycles. The number of aliphatic hydroxyl groups excluding tert-OH is 1. The number of carbonyl (C=O) groups excluding carboxylic acids is 2. The molecular formula is C24H42O5. The van der Waals surface area contributed by atoms with Crippen LogP contribution >= 0.6 is 0 Å². The number of hydrogen-bond acceptors (Lipinski definition) is 5. The fraction of sp³-hybridized carbons (Fsp3) is 0.667. The normalized spacial score (nSPS) is 13.9. The number of esters is 2. The largest absolute Gasteiger partial charge is 0.466 e. The molecule has 0 aliphatic heterocycles. The molecule has 0 bridgehead atoms. The predicted molar refractivity (Wildman–Crippen MR) is 119 cm³/mol. The summed E-state index contributed by atoms with van der Waals surface area (Å²) in [6.45, 7) is 21.6. The molecule has 29 heavy (non-hydrogen) atoms. The Kier molecular flexibility index (Phi) is 16.2. The molecule has 0 saturated carbocycles. The fourth-order valence-electron chi connectivity index (χ4n) is 2.57. The highest BCUT2D eigenvalue weighted by atomic mass is 16.5. The Morgan fingerprint density at radius 2 is 1.41 bits per heavy atom. The quantitative estimate of drug-likeness (QED) is 0.308. The van der Waals surface area contributed by atoms with Crippen LogP contribution in [0.4, 0.5) is 0 Å². The summed E-state index contributed by atoms with van der Waals surface area (Å²) in [7, 11) is 0. The van der Waals surface area contributed by atoms with Crippen molar-refractivity contribution >= 4 is 11.9 Å². The highest BCUT2D eigenvalue weighted by Gasteiger charge is 2.29. The first-order chi connectivity index (χ1) is 13.4. The van der Waals surface area contributed by atoms with Crippen molar-refractivity contribution in [1.82, 2.24) is 0 Å². The van der Waals surface area contributed by atoms with Crippen molar-refractivity contribution in [2.75, 3.05) is 13.2 Å². The van der Waals surface area contributed by atoms with Crippen LogP contribution in [0.2, 0.25) is 0 Å². The van der Waals surface area contributed by atoms with Crippen LogP contribution in [0.15, 0.2) is 36.0 Å². The minimum absolute atomic E-state index is 0.0645. The molecule has 3 atom stereocenters. The average molecular weight is 411 g/mol. The van der Waals surface area contributed by atoms with Crippen LogP contribution < -0.4 is 0 Å². The lowest BCUT2D eigenvalue weighted by atomic mass is 9.89. The van der Waals surface area contributed by atoms with Crippen LogP contribution in [0.1, 0.15) is 62.3 Å². The van der Waals surface area contributed by atoms with Gasteiger partial charge in [0.05, 0.1) is 31.2 Å². The first kappa shape index (κ1) is 29.3. The summed E-state index contributed by atoms with van der Waals surface area (Å²) in [5.74, 6) is -0.789. The standard InChI is InChI=1S/C12H22O3.C12H20O2/c1-6-15-12(14)11(9(4)5)10(13)7-8(2)3;1-6-14-12(13)11(10(4)5)8-7-9(2)3/h7,9-11,13H,6H2,1-5H3;7-8,10-11H,2,6H2,1,3-5H3/b;8-7+. The molecule has 0 amide bonds. The van der Waals surface area contributed by atoms with E-state index in [9.17, 15) is 14.7 Å². The van der Waals surface area contributed by atoms with E-state index in [4.69, 9.17) is 9.47 Å². The highest BCUT2D eigenvalue weighted by Crippen LogP contribution is 2.19. The first-order valence-corrected chi connectivity index (χ1v) is 10.4. The minimum atomic E-state index is -0.756. The summed E-state index contributed by atoms with van der Waals surface area (Å²) in [6, 6.07) is 0. The second kappa shape index (κ2) is 16.0. The van der Waals surface area contributed by atoms with Gasteiger partial charge in [-0.3, -0.25) is 9.59 Å². The van der Waals surface area contributed by atoms with Gasteiger partial charge in [-0.25, -0.2) is 0 Å². The topological polar surface area (TPSA) is 72.8 Å². The second-order valence-corrected chi connectivity index (χ2v) is 7.98. The SMILES string of the molecule is C=C(C)/C=C/C(C(=O)OCC)C(C)C.CCOC(=O)C(C(C)C)C(O)C=C(C)C. The molecule has 3 unspecified atom stereocenters. The van der Waals surface area contributed by atoms with Crippen LogP contribution in [0, 0.1) is 23.7 Å². The molecule has 0 fully saturated rings. The van der Waals surface area contributed by atoms with Gasteiger partial charge in [-0.1, -0.05) is 63.6 Å². The van der Waals surface area contributed by atoms with Crippen molar-refractivity contribution < 1.29 is 24.2 Å². The summed E-state index contributed by atoms with van der Waals surface area (Å²) in [5, 5.41) is 9.87. The third kappa shape index (κ3) is 13.9. The van der Waals surface area contributed by atoms with Gasteiger partial charge in [0.25, 0.3) is 0 Å². The van der Waals surface area contributed by atoms with Gasteiger partial charge >= 0.3 is 11.9 Å². The second-order valence-electron chi connectivity index (χ2n) is 7.98. The molecular weight excluding hydrogens is 368 g/mol. The van der Waals surface area contributed by atoms with Gasteiger partial charge in [0.2, 0.25) is 0 Å². The van der Waals surface area contributed by atoms with Crippen molar-refractivity contribution in [3.05, 3.63) is 36.0 Å². The lowest BCUT2D eigenvalue weighted by Gasteiger charge is -2.22. The highest BCUT2D eigenvalue weighted by molar-refractivity contribution is 5.75. The van der Waals surface area contributed by atoms with Crippen LogP contribution in [0.25, 0.3) is 0 Å². The minimum Gasteiger partial charge on any atom is -0.466 e. The number of rotatable bonds is 10. The zero-order valence-corrected chi connectivity index (χ0v) is 19.8. The Labute approximate surface area is 177 Å². The molecule has 0 rings (SSSR count). The average Bonchev–Trinajstić information content (AvgIpc) is 2.54. The number of carbonyl (C=O) groups is 2. The summed E-state index contributed by atoms with van der Waals surface area (Å²) >= 11 is 0. The molecule has 5 heteroatoms. The molecule has 0 heterocycles. The number of hydrogen-bond donors (Lipinski definition) is 1. The molecule has 0 aromatic carbocycles. The molecule has 1 N–H and O–H groups in total. The number of aliphatic hydroxyl groups is 1. The third-order valence-corrected chi connectivity index (χ3v) is 4.01. The monoisotopic (exact) mass is 410 g/mol. The maximum atomic E-state index is 11.6. The zero-order chi connectivity index (χ0) is 23.1. The maximum Gasteiger partial charge on any atom is 0.313 e. The Balaban J connectivity index is 0. The van der Waals surface area contributed by atoms with E-state index >= 15 is 0 Å². The Hall–Kier alpha value is -1.88. The lowest BCUT2D eigenvalue weighted by Crippen LogP contribution is -2.33. The lowest BCUT2D eigenvalue weighted by molar-refractivity contribution is -0.153. The molecule has 0 aliphatic carbocycles. The van der Waals surface area contributed by atoms with Gasteiger partial charge < -0.3 is 14.6 Å². The van der Waals surface area contributed by atoms with E-state index in [1.807, 2.05) is 67.5 Å². The van der Waals surface area contributed by atoms with Crippen molar-refractivity contribution in [3.8, 4) is 0 Å². The summed E-state index contributed by atoms with van der Waals surface area (Å²) < 4.78 is 9.92. The van der Waals surface area contributed by atoms with E-state index < -0.39 is 12.0 Å². The van der Waals surface area contributed by atoms with E-state index in [-0.39, 0.29) is 29.7 Å². The van der Waals surface area contributed by atoms with Gasteiger partial charge in [-0.2, -0.15) is 0 Å². The zero-order valence-electron chi connectivity index (χ0n) is 19.8. The molecule has 0 aromatic rings. The van der Waals surface area contributed by atoms with Gasteiger partial charge in [-0.15, -0.1) is 0 Å². The van der Waals surface area contributed by atoms with E-state index in [0.29, 0.717) is 13.2 Å². The molecule has 0 aliphatic rings. The van der Waals surface area contributed by atoms with E-state index in [0.717, 1.165) is 11.1 Å². The van der Waals surface area contributed by atoms with Crippen molar-refractivity contribution in [2.45, 2.75) is 68.4 Å². The first-order valence-electron chi connectivity index (χ1n) is 10.4. The molecule has 0 aromatic heterocycles. The third-order valence-electron chi connectivity index (χ3n) is 4.01. The van der Waals surface area contributed by atoms with Crippen LogP contribution in [0.5, 0.6) is 0 Å². The van der Waals surface area contributed by atoms with E-state index in [1.54, 1.807) is 13.0 Å². The Morgan fingerprint density at radius 3 is 1.76 bits per heavy atom. The Morgan fingerprint density at radius 1 is 0.931 bits per heavy atom. The molecule has 0 radical (unpaired) electrons. The number of ether oxygens (including phenoxy) is 2. The van der Waals surface area contributed by atoms with Crippen LogP contribution in [0.3, 0.4) is 0 Å². The molecule has 168 valence electrons. The molecule has 0 spiro atoms. The van der Waals surface area contributed by atoms with Gasteiger partial charge in [0, 0.05) is 0 Å². The summed E-state index contributed by atoms with van der Waals surface area (Å²) in [5.41, 5.74) is 1.94.